The number of aliphatic carboxylic acids is 2. The number of carboxylic acids is 3. The van der Waals surface area contributed by atoms with Crippen molar-refractivity contribution >= 4 is 17.9 Å². The van der Waals surface area contributed by atoms with Crippen LogP contribution in [0.15, 0.2) is 18.2 Å². The highest BCUT2D eigenvalue weighted by molar-refractivity contribution is 5.88. The van der Waals surface area contributed by atoms with Crippen molar-refractivity contribution < 1.29 is 34.8 Å². The lowest BCUT2D eigenvalue weighted by molar-refractivity contribution is -0.143. The molecule has 0 aromatic heterocycles. The van der Waals surface area contributed by atoms with Gasteiger partial charge in [-0.25, -0.2) is 4.79 Å². The smallest absolute Gasteiger partial charge is 0.335 e. The molecule has 170 valence electrons. The van der Waals surface area contributed by atoms with Crippen molar-refractivity contribution in [3.05, 3.63) is 29.3 Å². The number of hydrogen-bond donors (Lipinski definition) is 4. The quantitative estimate of drug-likeness (QED) is 0.283. The van der Waals surface area contributed by atoms with E-state index in [0.29, 0.717) is 0 Å². The molecule has 4 N–H and O–H groups in total. The predicted octanol–water partition coefficient (Wildman–Crippen LogP) is 5.66. The molecule has 0 fully saturated rings. The molecular formula is C23H36O7. The normalized spacial score (nSPS) is 11.3. The number of benzene rings is 1. The molecule has 30 heavy (non-hydrogen) atoms. The fourth-order valence-electron chi connectivity index (χ4n) is 3.04. The molecule has 0 aliphatic rings. The second kappa shape index (κ2) is 16.3. The van der Waals surface area contributed by atoms with Crippen LogP contribution < -0.4 is 0 Å². The first-order valence-corrected chi connectivity index (χ1v) is 10.7. The number of carboxylic acid groups (broad SMARTS) is 3. The van der Waals surface area contributed by atoms with Gasteiger partial charge in [-0.05, 0) is 36.1 Å². The summed E-state index contributed by atoms with van der Waals surface area (Å²) >= 11 is 0. The molecule has 7 heteroatoms. The Kier molecular flexibility index (Phi) is 14.9. The molecule has 0 saturated heterocycles. The minimum absolute atomic E-state index is 0.194. The lowest BCUT2D eigenvalue weighted by atomic mass is 9.92. The van der Waals surface area contributed by atoms with Gasteiger partial charge in [-0.15, -0.1) is 0 Å². The van der Waals surface area contributed by atoms with Crippen molar-refractivity contribution in [1.29, 1.82) is 0 Å². The Morgan fingerprint density at radius 2 is 1.33 bits per heavy atom. The van der Waals surface area contributed by atoms with E-state index in [9.17, 15) is 19.5 Å². The van der Waals surface area contributed by atoms with E-state index < -0.39 is 17.9 Å². The van der Waals surface area contributed by atoms with E-state index in [1.807, 2.05) is 0 Å². The highest BCUT2D eigenvalue weighted by Gasteiger charge is 2.13. The van der Waals surface area contributed by atoms with E-state index in [-0.39, 0.29) is 30.1 Å². The number of carbonyl (C=O) groups is 3. The summed E-state index contributed by atoms with van der Waals surface area (Å²) in [5.41, 5.74) is 0.999. The molecule has 0 amide bonds. The van der Waals surface area contributed by atoms with Gasteiger partial charge in [0.25, 0.3) is 0 Å². The van der Waals surface area contributed by atoms with Crippen LogP contribution >= 0.6 is 0 Å². The van der Waals surface area contributed by atoms with E-state index in [1.165, 1.54) is 57.1 Å². The van der Waals surface area contributed by atoms with Crippen LogP contribution in [0.3, 0.4) is 0 Å². The van der Waals surface area contributed by atoms with Crippen molar-refractivity contribution in [2.24, 2.45) is 0 Å². The maximum atomic E-state index is 11.0. The summed E-state index contributed by atoms with van der Waals surface area (Å²) in [4.78, 5) is 30.3. The number of hydrogen-bond acceptors (Lipinski definition) is 4. The van der Waals surface area contributed by atoms with Gasteiger partial charge in [0.05, 0.1) is 18.4 Å². The maximum absolute atomic E-state index is 11.0. The first kappa shape index (κ1) is 27.4. The zero-order chi connectivity index (χ0) is 22.9. The minimum Gasteiger partial charge on any atom is -0.508 e. The third-order valence-electron chi connectivity index (χ3n) is 4.85. The SMILES string of the molecule is CCCCCCCCCCC(C)c1cc(C(=O)O)ccc1O.O=C(O)CCC(=O)O. The highest BCUT2D eigenvalue weighted by atomic mass is 16.4. The molecule has 0 radical (unpaired) electrons. The van der Waals surface area contributed by atoms with Gasteiger partial charge in [0.1, 0.15) is 5.75 Å². The third kappa shape index (κ3) is 13.6. The van der Waals surface area contributed by atoms with Gasteiger partial charge in [0.15, 0.2) is 0 Å². The van der Waals surface area contributed by atoms with Gasteiger partial charge in [0.2, 0.25) is 0 Å². The molecule has 7 nitrogen and oxygen atoms in total. The Labute approximate surface area is 178 Å². The van der Waals surface area contributed by atoms with E-state index in [4.69, 9.17) is 15.3 Å². The molecule has 1 atom stereocenters. The molecule has 1 aromatic carbocycles. The Morgan fingerprint density at radius 1 is 0.833 bits per heavy atom. The molecule has 0 aliphatic carbocycles. The number of aromatic hydroxyl groups is 1. The largest absolute Gasteiger partial charge is 0.508 e. The lowest BCUT2D eigenvalue weighted by Crippen LogP contribution is -2.00. The molecule has 1 aromatic rings. The van der Waals surface area contributed by atoms with Crippen LogP contribution in [0.4, 0.5) is 0 Å². The molecule has 0 saturated carbocycles. The Bertz CT molecular complexity index is 641. The molecule has 0 heterocycles. The van der Waals surface area contributed by atoms with Gasteiger partial charge in [-0.1, -0.05) is 65.2 Å². The average molecular weight is 425 g/mol. The molecule has 0 aliphatic heterocycles. The van der Waals surface area contributed by atoms with Crippen LogP contribution in [0.25, 0.3) is 0 Å². The van der Waals surface area contributed by atoms with Crippen LogP contribution in [0.1, 0.15) is 106 Å². The summed E-state index contributed by atoms with van der Waals surface area (Å²) in [5, 5.41) is 34.8. The molecular weight excluding hydrogens is 388 g/mol. The highest BCUT2D eigenvalue weighted by Crippen LogP contribution is 2.30. The zero-order valence-corrected chi connectivity index (χ0v) is 18.1. The molecule has 1 rings (SSSR count). The van der Waals surface area contributed by atoms with Gasteiger partial charge >= 0.3 is 17.9 Å². The lowest BCUT2D eigenvalue weighted by Gasteiger charge is -2.14. The summed E-state index contributed by atoms with van der Waals surface area (Å²) in [6.07, 6.45) is 10.7. The van der Waals surface area contributed by atoms with E-state index >= 15 is 0 Å². The third-order valence-corrected chi connectivity index (χ3v) is 4.85. The first-order valence-electron chi connectivity index (χ1n) is 10.7. The number of unbranched alkanes of at least 4 members (excludes halogenated alkanes) is 7. The van der Waals surface area contributed by atoms with E-state index in [0.717, 1.165) is 18.4 Å². The van der Waals surface area contributed by atoms with Gasteiger partial charge in [-0.2, -0.15) is 0 Å². The molecule has 0 spiro atoms. The predicted molar refractivity (Wildman–Crippen MR) is 115 cm³/mol. The summed E-state index contributed by atoms with van der Waals surface area (Å²) in [6.45, 7) is 4.29. The van der Waals surface area contributed by atoms with Crippen molar-refractivity contribution in [3.8, 4) is 5.75 Å². The van der Waals surface area contributed by atoms with E-state index in [2.05, 4.69) is 13.8 Å². The second-order valence-electron chi connectivity index (χ2n) is 7.53. The van der Waals surface area contributed by atoms with Crippen molar-refractivity contribution in [2.75, 3.05) is 0 Å². The maximum Gasteiger partial charge on any atom is 0.335 e. The second-order valence-corrected chi connectivity index (χ2v) is 7.53. The van der Waals surface area contributed by atoms with Crippen LogP contribution in [0.5, 0.6) is 5.75 Å². The Morgan fingerprint density at radius 3 is 1.80 bits per heavy atom. The minimum atomic E-state index is -1.08. The zero-order valence-electron chi connectivity index (χ0n) is 18.1. The first-order chi connectivity index (χ1) is 14.2. The van der Waals surface area contributed by atoms with Crippen molar-refractivity contribution in [3.63, 3.8) is 0 Å². The fraction of sp³-hybridized carbons (Fsp3) is 0.609. The topological polar surface area (TPSA) is 132 Å². The summed E-state index contributed by atoms with van der Waals surface area (Å²) < 4.78 is 0. The molecule has 1 unspecified atom stereocenters. The summed E-state index contributed by atoms with van der Waals surface area (Å²) in [5.74, 6) is -2.70. The van der Waals surface area contributed by atoms with Gasteiger partial charge in [0, 0.05) is 0 Å². The monoisotopic (exact) mass is 424 g/mol. The van der Waals surface area contributed by atoms with E-state index in [1.54, 1.807) is 6.07 Å². The van der Waals surface area contributed by atoms with Gasteiger partial charge < -0.3 is 20.4 Å². The van der Waals surface area contributed by atoms with Crippen LogP contribution in [-0.2, 0) is 9.59 Å². The summed E-state index contributed by atoms with van der Waals surface area (Å²) in [7, 11) is 0. The Hall–Kier alpha value is -2.57. The number of phenolic OH excluding ortho intramolecular Hbond substituents is 1. The summed E-state index contributed by atoms with van der Waals surface area (Å²) in [6, 6.07) is 4.54. The van der Waals surface area contributed by atoms with Crippen LogP contribution in [0.2, 0.25) is 0 Å². The number of rotatable bonds is 14. The molecule has 0 bridgehead atoms. The van der Waals surface area contributed by atoms with Gasteiger partial charge in [-0.3, -0.25) is 9.59 Å². The Balaban J connectivity index is 0.000000890. The van der Waals surface area contributed by atoms with Crippen LogP contribution in [0, 0.1) is 0 Å². The van der Waals surface area contributed by atoms with Crippen LogP contribution in [-0.4, -0.2) is 38.3 Å². The average Bonchev–Trinajstić information content (AvgIpc) is 2.69. The number of aromatic carboxylic acids is 1. The van der Waals surface area contributed by atoms with Crippen molar-refractivity contribution in [1.82, 2.24) is 0 Å². The fourth-order valence-corrected chi connectivity index (χ4v) is 3.04. The number of phenols is 1. The van der Waals surface area contributed by atoms with Crippen molar-refractivity contribution in [2.45, 2.75) is 90.4 Å². The standard InChI is InChI=1S/C19H30O3.C4H6O4/c1-3-4-5-6-7-8-9-10-11-15(2)17-14-16(19(21)22)12-13-18(17)20;5-3(6)1-2-4(7)8/h12-15,20H,3-11H2,1-2H3,(H,21,22);1-2H2,(H,5,6)(H,7,8).